The van der Waals surface area contributed by atoms with Gasteiger partial charge in [0.2, 0.25) is 0 Å². The molecule has 4 fully saturated rings. The summed E-state index contributed by atoms with van der Waals surface area (Å²) < 4.78 is 0. The van der Waals surface area contributed by atoms with Crippen LogP contribution in [0.3, 0.4) is 0 Å². The van der Waals surface area contributed by atoms with Crippen molar-refractivity contribution in [3.8, 4) is 22.5 Å². The minimum Gasteiger partial charge on any atom is -0.390 e. The number of aliphatic hydroxyl groups is 4. The lowest BCUT2D eigenvalue weighted by Gasteiger charge is -2.42. The quantitative estimate of drug-likeness (QED) is 0.109. The van der Waals surface area contributed by atoms with Crippen LogP contribution in [0.5, 0.6) is 0 Å². The van der Waals surface area contributed by atoms with Gasteiger partial charge in [-0.15, -0.1) is 22.7 Å². The molecule has 2 saturated carbocycles. The molecule has 2 aromatic heterocycles. The van der Waals surface area contributed by atoms with E-state index in [0.29, 0.717) is 37.5 Å². The zero-order chi connectivity index (χ0) is 48.1. The van der Waals surface area contributed by atoms with Gasteiger partial charge < -0.3 is 41.3 Å². The molecule has 4 aromatic rings. The Labute approximate surface area is 407 Å². The molecule has 366 valence electrons. The predicted molar refractivity (Wildman–Crippen MR) is 275 cm³/mol. The van der Waals surface area contributed by atoms with Crippen LogP contribution < -0.4 is 20.9 Å². The van der Waals surface area contributed by atoms with E-state index in [1.165, 1.54) is 59.1 Å². The number of carbonyl (C=O) groups is 1. The van der Waals surface area contributed by atoms with E-state index in [-0.39, 0.29) is 33.7 Å². The van der Waals surface area contributed by atoms with Crippen LogP contribution >= 0.6 is 22.7 Å². The lowest BCUT2D eigenvalue weighted by atomic mass is 9.63. The smallest absolute Gasteiger partial charge is 0.185 e. The maximum absolute atomic E-state index is 11.5. The van der Waals surface area contributed by atoms with E-state index < -0.39 is 24.4 Å². The minimum absolute atomic E-state index is 0.0289. The number of fused-ring (bicyclic) bond motifs is 2. The molecule has 6 aliphatic rings. The van der Waals surface area contributed by atoms with Crippen LogP contribution in [0.2, 0.25) is 0 Å². The molecule has 0 amide bonds. The van der Waals surface area contributed by atoms with Crippen molar-refractivity contribution < 1.29 is 25.2 Å². The lowest BCUT2D eigenvalue weighted by molar-refractivity contribution is -0.119. The van der Waals surface area contributed by atoms with E-state index in [4.69, 9.17) is 25.9 Å². The van der Waals surface area contributed by atoms with Gasteiger partial charge in [0, 0.05) is 79.0 Å². The first-order chi connectivity index (χ1) is 31.6. The van der Waals surface area contributed by atoms with Crippen LogP contribution in [-0.2, 0) is 26.5 Å². The molecule has 67 heavy (non-hydrogen) atoms. The van der Waals surface area contributed by atoms with Crippen LogP contribution in [0, 0.1) is 0 Å². The van der Waals surface area contributed by atoms with Crippen molar-refractivity contribution in [2.24, 2.45) is 5.73 Å². The molecule has 0 spiro atoms. The van der Waals surface area contributed by atoms with Gasteiger partial charge >= 0.3 is 0 Å². The van der Waals surface area contributed by atoms with Gasteiger partial charge in [0.1, 0.15) is 5.78 Å². The highest BCUT2D eigenvalue weighted by atomic mass is 32.1. The molecule has 2 saturated heterocycles. The number of thiazole rings is 2. The number of aliphatic hydroxyl groups excluding tert-OH is 4. The summed E-state index contributed by atoms with van der Waals surface area (Å²) in [6.07, 6.45) is 8.75. The third kappa shape index (κ3) is 11.0. The first kappa shape index (κ1) is 50.1. The van der Waals surface area contributed by atoms with Crippen molar-refractivity contribution in [3.05, 3.63) is 69.4 Å². The van der Waals surface area contributed by atoms with Crippen LogP contribution in [0.1, 0.15) is 155 Å². The Morgan fingerprint density at radius 1 is 0.582 bits per heavy atom. The second-order valence-corrected chi connectivity index (χ2v) is 24.8. The number of nitrogens with zero attached hydrogens (tertiary/aromatic N) is 4. The number of piperidine rings is 2. The van der Waals surface area contributed by atoms with Gasteiger partial charge in [-0.05, 0) is 120 Å². The van der Waals surface area contributed by atoms with E-state index in [1.807, 2.05) is 0 Å². The maximum Gasteiger partial charge on any atom is 0.185 e. The molecule has 7 N–H and O–H groups in total. The van der Waals surface area contributed by atoms with Crippen molar-refractivity contribution in [1.29, 1.82) is 0 Å². The molecule has 6 atom stereocenters. The highest BCUT2D eigenvalue weighted by molar-refractivity contribution is 7.14. The number of hydrogen-bond donors (Lipinski definition) is 6. The summed E-state index contributed by atoms with van der Waals surface area (Å²) in [4.78, 5) is 26.1. The number of ketones is 1. The third-order valence-corrected chi connectivity index (χ3v) is 18.1. The number of carbonyl (C=O) groups excluding carboxylic acids is 1. The summed E-state index contributed by atoms with van der Waals surface area (Å²) in [6, 6.07) is 14.2. The first-order valence-electron chi connectivity index (χ1n) is 25.1. The molecule has 4 heterocycles. The van der Waals surface area contributed by atoms with E-state index >= 15 is 0 Å². The average Bonchev–Trinajstić information content (AvgIpc) is 4.13. The van der Waals surface area contributed by atoms with Gasteiger partial charge in [-0.2, -0.15) is 0 Å². The lowest BCUT2D eigenvalue weighted by Crippen LogP contribution is -2.49. The van der Waals surface area contributed by atoms with Crippen LogP contribution in [0.15, 0.2) is 47.2 Å². The van der Waals surface area contributed by atoms with E-state index in [0.717, 1.165) is 73.5 Å². The Bertz CT molecular complexity index is 2330. The fourth-order valence-corrected chi connectivity index (χ4v) is 13.0. The van der Waals surface area contributed by atoms with Crippen molar-refractivity contribution in [3.63, 3.8) is 0 Å². The van der Waals surface area contributed by atoms with Gasteiger partial charge in [-0.3, -0.25) is 4.79 Å². The van der Waals surface area contributed by atoms with E-state index in [9.17, 15) is 15.0 Å². The average molecular weight is 955 g/mol. The molecule has 11 nitrogen and oxygen atoms in total. The van der Waals surface area contributed by atoms with Gasteiger partial charge in [0.25, 0.3) is 0 Å². The van der Waals surface area contributed by atoms with E-state index in [1.54, 1.807) is 22.7 Å². The summed E-state index contributed by atoms with van der Waals surface area (Å²) in [5, 5.41) is 47.8. The monoisotopic (exact) mass is 955 g/mol. The Balaban J connectivity index is 0.000000159. The summed E-state index contributed by atoms with van der Waals surface area (Å²) in [6.45, 7) is 22.5. The second kappa shape index (κ2) is 19.9. The van der Waals surface area contributed by atoms with Gasteiger partial charge in [0.15, 0.2) is 10.3 Å². The first-order valence-corrected chi connectivity index (χ1v) is 26.9. The second-order valence-electron chi connectivity index (χ2n) is 23.1. The Morgan fingerprint density at radius 3 is 1.42 bits per heavy atom. The fraction of sp³-hybridized carbons (Fsp3) is 0.648. The van der Waals surface area contributed by atoms with Crippen molar-refractivity contribution in [2.75, 3.05) is 36.0 Å². The number of Topliss-reactive ketones (excluding diaryl/α,β-unsaturated/α-hetero) is 1. The summed E-state index contributed by atoms with van der Waals surface area (Å²) in [5.74, 6) is 0.373. The molecule has 0 bridgehead atoms. The molecule has 10 rings (SSSR count). The molecule has 2 aliphatic heterocycles. The Hall–Kier alpha value is -3.27. The summed E-state index contributed by atoms with van der Waals surface area (Å²) >= 11 is 3.44. The van der Waals surface area contributed by atoms with Crippen molar-refractivity contribution in [1.82, 2.24) is 15.3 Å². The topological polar surface area (TPSA) is 168 Å². The summed E-state index contributed by atoms with van der Waals surface area (Å²) in [5.41, 5.74) is 16.8. The predicted octanol–water partition coefficient (Wildman–Crippen LogP) is 8.76. The highest BCUT2D eigenvalue weighted by Gasteiger charge is 2.39. The van der Waals surface area contributed by atoms with E-state index in [2.05, 4.69) is 118 Å². The van der Waals surface area contributed by atoms with Crippen LogP contribution in [0.25, 0.3) is 22.5 Å². The van der Waals surface area contributed by atoms with Gasteiger partial charge in [-0.25, -0.2) is 9.97 Å². The normalized spacial score (nSPS) is 28.5. The van der Waals surface area contributed by atoms with Gasteiger partial charge in [0.05, 0.1) is 35.8 Å². The number of nitrogens with two attached hydrogens (primary N) is 1. The number of nitrogens with one attached hydrogen (secondary N) is 1. The number of rotatable bonds is 6. The fourth-order valence-electron chi connectivity index (χ4n) is 11.2. The molecular weight excluding hydrogens is 877 g/mol. The molecule has 4 aliphatic carbocycles. The number of aromatic nitrogens is 2. The number of anilines is 2. The molecule has 13 heteroatoms. The highest BCUT2D eigenvalue weighted by Crippen LogP contribution is 2.48. The minimum atomic E-state index is -0.685. The molecule has 2 aromatic carbocycles. The number of benzene rings is 2. The third-order valence-electron chi connectivity index (χ3n) is 16.3. The Morgan fingerprint density at radius 2 is 1.01 bits per heavy atom. The molecule has 0 radical (unpaired) electrons. The zero-order valence-electron chi connectivity index (χ0n) is 41.4. The SMILES string of the molecule is CC1(C)CCC(C)(C)c2cc(-c3csc(N4CCC(=O)CC4)n3)ccc21.CC1(C)CCC(C)(C)c2cc(-c3csc(N4CCC(N[C@@H]5CC[C@H](O)[C@@H]5O)CC4)n3)ccc21.N[C@@H]1CC[C@H](O)[C@@H]1O. The van der Waals surface area contributed by atoms with Crippen LogP contribution in [0.4, 0.5) is 10.3 Å². The maximum atomic E-state index is 11.5. The van der Waals surface area contributed by atoms with Gasteiger partial charge in [-0.1, -0.05) is 79.7 Å². The zero-order valence-corrected chi connectivity index (χ0v) is 43.0. The summed E-state index contributed by atoms with van der Waals surface area (Å²) in [7, 11) is 0. The Kier molecular flexibility index (Phi) is 14.9. The van der Waals surface area contributed by atoms with Crippen LogP contribution in [-0.4, -0.2) is 105 Å². The number of hydrogen-bond acceptors (Lipinski definition) is 13. The standard InChI is InChI=1S/C27H39N3O2S.C22H28N2OS.C5H11NO2/c1-26(2)11-12-27(3,4)20-15-17(5-6-19(20)26)22-16-33-25(29-22)30-13-9-18(10-14-30)28-21-7-8-23(31)24(21)32;1-21(2)9-10-22(3,4)18-13-15(5-6-17(18)21)19-14-26-20(23-19)24-11-7-16(25)8-12-24;6-3-1-2-4(7)5(3)8/h5-6,15-16,18,21,23-24,28,31-32H,7-14H2,1-4H3;5-6,13-14H,7-12H2,1-4H3;3-5,7-8H,1-2,6H2/t21-,23+,24-;;3-,4+,5-/m1.1/s1. The largest absolute Gasteiger partial charge is 0.390 e. The van der Waals surface area contributed by atoms with Crippen molar-refractivity contribution >= 4 is 38.7 Å². The molecule has 0 unspecified atom stereocenters. The molecular formula is C54H78N6O5S2. The van der Waals surface area contributed by atoms with Crippen molar-refractivity contribution in [2.45, 2.75) is 197 Å².